The third-order valence-corrected chi connectivity index (χ3v) is 5.19. The molecule has 1 unspecified atom stereocenters. The summed E-state index contributed by atoms with van der Waals surface area (Å²) in [5.74, 6) is -0.497. The number of hydrogen-bond acceptors (Lipinski definition) is 3. The van der Waals surface area contributed by atoms with Crippen molar-refractivity contribution in [3.8, 4) is 0 Å². The molecule has 3 amide bonds. The molecule has 2 N–H and O–H groups in total. The van der Waals surface area contributed by atoms with E-state index >= 15 is 0 Å². The number of nitrogens with zero attached hydrogens (tertiary/aromatic N) is 1. The Kier molecular flexibility index (Phi) is 6.88. The fraction of sp³-hybridized carbons (Fsp3) is 0.318. The van der Waals surface area contributed by atoms with Crippen LogP contribution in [-0.4, -0.2) is 30.8 Å². The lowest BCUT2D eigenvalue weighted by molar-refractivity contribution is -0.121. The third-order valence-electron chi connectivity index (χ3n) is 4.94. The van der Waals surface area contributed by atoms with Crippen molar-refractivity contribution in [3.05, 3.63) is 64.7 Å². The van der Waals surface area contributed by atoms with Gasteiger partial charge in [-0.25, -0.2) is 0 Å². The Morgan fingerprint density at radius 2 is 1.79 bits per heavy atom. The molecule has 0 aliphatic carbocycles. The SMILES string of the molecule is CCC(NC(=O)CNC(=O)c1ccc(N2CCCC2=O)cc1)c1ccc(Cl)cc1. The van der Waals surface area contributed by atoms with Crippen molar-refractivity contribution in [3.63, 3.8) is 0 Å². The average molecular weight is 414 g/mol. The number of hydrogen-bond donors (Lipinski definition) is 2. The van der Waals surface area contributed by atoms with Crippen LogP contribution in [0.4, 0.5) is 5.69 Å². The second kappa shape index (κ2) is 9.56. The standard InChI is InChI=1S/C22H24ClN3O3/c1-2-19(15-5-9-17(23)10-6-15)25-20(27)14-24-22(29)16-7-11-18(12-8-16)26-13-3-4-21(26)28/h5-12,19H,2-4,13-14H2,1H3,(H,24,29)(H,25,27). The van der Waals surface area contributed by atoms with Crippen LogP contribution < -0.4 is 15.5 Å². The Hall–Kier alpha value is -2.86. The summed E-state index contributed by atoms with van der Waals surface area (Å²) < 4.78 is 0. The van der Waals surface area contributed by atoms with Gasteiger partial charge in [0.1, 0.15) is 0 Å². The maximum atomic E-state index is 12.3. The van der Waals surface area contributed by atoms with Crippen molar-refractivity contribution in [2.24, 2.45) is 0 Å². The van der Waals surface area contributed by atoms with Crippen LogP contribution in [-0.2, 0) is 9.59 Å². The molecule has 29 heavy (non-hydrogen) atoms. The van der Waals surface area contributed by atoms with Crippen LogP contribution in [0.25, 0.3) is 0 Å². The van der Waals surface area contributed by atoms with Crippen LogP contribution in [0.15, 0.2) is 48.5 Å². The number of anilines is 1. The zero-order valence-electron chi connectivity index (χ0n) is 16.3. The highest BCUT2D eigenvalue weighted by molar-refractivity contribution is 6.30. The lowest BCUT2D eigenvalue weighted by Crippen LogP contribution is -2.38. The molecule has 7 heteroatoms. The summed E-state index contributed by atoms with van der Waals surface area (Å²) >= 11 is 5.91. The molecular weight excluding hydrogens is 390 g/mol. The predicted octanol–water partition coefficient (Wildman–Crippen LogP) is 3.46. The van der Waals surface area contributed by atoms with Crippen LogP contribution in [0.1, 0.15) is 48.1 Å². The maximum absolute atomic E-state index is 12.3. The van der Waals surface area contributed by atoms with E-state index in [9.17, 15) is 14.4 Å². The Morgan fingerprint density at radius 1 is 1.10 bits per heavy atom. The second-order valence-corrected chi connectivity index (χ2v) is 7.39. The molecule has 1 fully saturated rings. The van der Waals surface area contributed by atoms with E-state index in [1.807, 2.05) is 19.1 Å². The van der Waals surface area contributed by atoms with E-state index < -0.39 is 0 Å². The summed E-state index contributed by atoms with van der Waals surface area (Å²) in [6, 6.07) is 14.0. The summed E-state index contributed by atoms with van der Waals surface area (Å²) in [6.07, 6.45) is 2.13. The van der Waals surface area contributed by atoms with Crippen molar-refractivity contribution >= 4 is 35.0 Å². The van der Waals surface area contributed by atoms with Gasteiger partial charge in [-0.15, -0.1) is 0 Å². The van der Waals surface area contributed by atoms with Gasteiger partial charge in [-0.3, -0.25) is 14.4 Å². The van der Waals surface area contributed by atoms with Crippen LogP contribution in [0.3, 0.4) is 0 Å². The summed E-state index contributed by atoms with van der Waals surface area (Å²) in [5, 5.41) is 6.19. The fourth-order valence-electron chi connectivity index (χ4n) is 3.34. The largest absolute Gasteiger partial charge is 0.348 e. The van der Waals surface area contributed by atoms with E-state index in [1.54, 1.807) is 41.3 Å². The maximum Gasteiger partial charge on any atom is 0.251 e. The number of halogens is 1. The van der Waals surface area contributed by atoms with Gasteiger partial charge < -0.3 is 15.5 Å². The summed E-state index contributed by atoms with van der Waals surface area (Å²) in [6.45, 7) is 2.57. The molecule has 1 atom stereocenters. The van der Waals surface area contributed by atoms with E-state index in [4.69, 9.17) is 11.6 Å². The molecule has 1 saturated heterocycles. The fourth-order valence-corrected chi connectivity index (χ4v) is 3.46. The minimum atomic E-state index is -0.334. The lowest BCUT2D eigenvalue weighted by Gasteiger charge is -2.18. The Bertz CT molecular complexity index is 881. The average Bonchev–Trinajstić information content (AvgIpc) is 3.17. The number of amides is 3. The number of nitrogens with one attached hydrogen (secondary N) is 2. The van der Waals surface area contributed by atoms with E-state index in [-0.39, 0.29) is 30.3 Å². The first-order chi connectivity index (χ1) is 14.0. The van der Waals surface area contributed by atoms with Gasteiger partial charge in [0.2, 0.25) is 11.8 Å². The van der Waals surface area contributed by atoms with Crippen molar-refractivity contribution in [1.82, 2.24) is 10.6 Å². The lowest BCUT2D eigenvalue weighted by atomic mass is 10.0. The molecule has 152 valence electrons. The van der Waals surface area contributed by atoms with Gasteiger partial charge in [-0.05, 0) is 54.8 Å². The van der Waals surface area contributed by atoms with Crippen LogP contribution >= 0.6 is 11.6 Å². The van der Waals surface area contributed by atoms with Gasteiger partial charge in [-0.1, -0.05) is 30.7 Å². The van der Waals surface area contributed by atoms with E-state index in [0.717, 1.165) is 24.1 Å². The van der Waals surface area contributed by atoms with Gasteiger partial charge in [0.05, 0.1) is 12.6 Å². The van der Waals surface area contributed by atoms with Crippen LogP contribution in [0, 0.1) is 0 Å². The van der Waals surface area contributed by atoms with Crippen molar-refractivity contribution in [1.29, 1.82) is 0 Å². The van der Waals surface area contributed by atoms with Crippen molar-refractivity contribution < 1.29 is 14.4 Å². The Morgan fingerprint density at radius 3 is 2.38 bits per heavy atom. The number of rotatable bonds is 7. The van der Waals surface area contributed by atoms with Gasteiger partial charge in [0.25, 0.3) is 5.91 Å². The zero-order valence-corrected chi connectivity index (χ0v) is 17.0. The molecule has 0 bridgehead atoms. The Labute approximate surface area is 175 Å². The minimum absolute atomic E-state index is 0.102. The van der Waals surface area contributed by atoms with Gasteiger partial charge in [-0.2, -0.15) is 0 Å². The zero-order chi connectivity index (χ0) is 20.8. The first-order valence-corrected chi connectivity index (χ1v) is 10.1. The molecule has 0 aromatic heterocycles. The second-order valence-electron chi connectivity index (χ2n) is 6.96. The number of benzene rings is 2. The number of carbonyl (C=O) groups is 3. The highest BCUT2D eigenvalue weighted by Crippen LogP contribution is 2.22. The first kappa shape index (κ1) is 20.9. The number of carbonyl (C=O) groups excluding carboxylic acids is 3. The summed E-state index contributed by atoms with van der Waals surface area (Å²) in [7, 11) is 0. The Balaban J connectivity index is 1.52. The molecule has 0 saturated carbocycles. The van der Waals surface area contributed by atoms with Crippen LogP contribution in [0.2, 0.25) is 5.02 Å². The smallest absolute Gasteiger partial charge is 0.251 e. The van der Waals surface area contributed by atoms with Gasteiger partial charge in [0, 0.05) is 29.2 Å². The van der Waals surface area contributed by atoms with Crippen molar-refractivity contribution in [2.75, 3.05) is 18.0 Å². The van der Waals surface area contributed by atoms with Gasteiger partial charge in [0.15, 0.2) is 0 Å². The van der Waals surface area contributed by atoms with Crippen molar-refractivity contribution in [2.45, 2.75) is 32.2 Å². The molecule has 1 heterocycles. The normalized spacial score (nSPS) is 14.6. The third kappa shape index (κ3) is 5.35. The van der Waals surface area contributed by atoms with Gasteiger partial charge >= 0.3 is 0 Å². The molecule has 1 aliphatic rings. The van der Waals surface area contributed by atoms with E-state index in [1.165, 1.54) is 0 Å². The summed E-state index contributed by atoms with van der Waals surface area (Å²) in [5.41, 5.74) is 2.19. The minimum Gasteiger partial charge on any atom is -0.348 e. The quantitative estimate of drug-likeness (QED) is 0.729. The van der Waals surface area contributed by atoms with Crippen LogP contribution in [0.5, 0.6) is 0 Å². The monoisotopic (exact) mass is 413 g/mol. The molecule has 1 aliphatic heterocycles. The molecule has 0 radical (unpaired) electrons. The summed E-state index contributed by atoms with van der Waals surface area (Å²) in [4.78, 5) is 38.1. The molecule has 2 aromatic carbocycles. The molecular formula is C22H24ClN3O3. The molecule has 0 spiro atoms. The molecule has 2 aromatic rings. The van der Waals surface area contributed by atoms with E-state index in [2.05, 4.69) is 10.6 Å². The highest BCUT2D eigenvalue weighted by atomic mass is 35.5. The van der Waals surface area contributed by atoms with E-state index in [0.29, 0.717) is 23.6 Å². The molecule has 3 rings (SSSR count). The first-order valence-electron chi connectivity index (χ1n) is 9.71. The predicted molar refractivity (Wildman–Crippen MR) is 113 cm³/mol. The highest BCUT2D eigenvalue weighted by Gasteiger charge is 2.21. The molecule has 6 nitrogen and oxygen atoms in total. The topological polar surface area (TPSA) is 78.5 Å².